The van der Waals surface area contributed by atoms with Crippen LogP contribution in [0.15, 0.2) is 12.1 Å². The molecule has 1 aromatic carbocycles. The molecule has 1 aromatic heterocycles. The number of esters is 1. The summed E-state index contributed by atoms with van der Waals surface area (Å²) in [6, 6.07) is 3.30. The molecule has 9 heteroatoms. The third kappa shape index (κ3) is 4.40. The minimum atomic E-state index is -0.606. The third-order valence-electron chi connectivity index (χ3n) is 3.38. The van der Waals surface area contributed by atoms with E-state index in [0.717, 1.165) is 17.1 Å². The molecule has 1 heterocycles. The van der Waals surface area contributed by atoms with Crippen LogP contribution in [0.3, 0.4) is 0 Å². The Morgan fingerprint density at radius 2 is 2.04 bits per heavy atom. The molecular weight excluding hydrogens is 366 g/mol. The van der Waals surface area contributed by atoms with Crippen LogP contribution < -0.4 is 15.4 Å². The number of carbonyl (C=O) groups excluding carboxylic acids is 2. The molecule has 0 aliphatic carbocycles. The van der Waals surface area contributed by atoms with E-state index < -0.39 is 18.5 Å². The van der Waals surface area contributed by atoms with Crippen molar-refractivity contribution in [1.82, 2.24) is 4.37 Å². The predicted molar refractivity (Wildman–Crippen MR) is 98.1 cm³/mol. The highest BCUT2D eigenvalue weighted by Gasteiger charge is 2.20. The molecule has 0 spiro atoms. The molecule has 0 aliphatic heterocycles. The van der Waals surface area contributed by atoms with E-state index in [2.05, 4.69) is 15.0 Å². The maximum Gasteiger partial charge on any atom is 0.343 e. The van der Waals surface area contributed by atoms with Crippen molar-refractivity contribution in [3.05, 3.63) is 34.0 Å². The van der Waals surface area contributed by atoms with E-state index in [1.165, 1.54) is 7.11 Å². The zero-order valence-electron chi connectivity index (χ0n) is 14.2. The van der Waals surface area contributed by atoms with E-state index >= 15 is 0 Å². The second-order valence-electron chi connectivity index (χ2n) is 5.15. The average Bonchev–Trinajstić information content (AvgIpc) is 2.96. The Morgan fingerprint density at radius 3 is 2.68 bits per heavy atom. The van der Waals surface area contributed by atoms with Crippen LogP contribution >= 0.6 is 23.1 Å². The molecule has 0 atom stereocenters. The molecule has 0 bridgehead atoms. The summed E-state index contributed by atoms with van der Waals surface area (Å²) in [6.45, 7) is 3.08. The van der Waals surface area contributed by atoms with Gasteiger partial charge >= 0.3 is 5.97 Å². The number of ether oxygens (including phenoxy) is 2. The molecule has 0 saturated carbocycles. The minimum Gasteiger partial charge on any atom is -0.495 e. The van der Waals surface area contributed by atoms with Gasteiger partial charge in [-0.05, 0) is 37.0 Å². The SMILES string of the molecule is CNc1snc(C)c1C(=O)OCC(=O)Nc1cc(C)c(Cl)cc1OC. The van der Waals surface area contributed by atoms with Gasteiger partial charge in [0.1, 0.15) is 16.3 Å². The van der Waals surface area contributed by atoms with E-state index in [1.54, 1.807) is 26.1 Å². The van der Waals surface area contributed by atoms with Crippen molar-refractivity contribution in [2.24, 2.45) is 0 Å². The predicted octanol–water partition coefficient (Wildman–Crippen LogP) is 3.26. The Hall–Kier alpha value is -2.32. The first-order chi connectivity index (χ1) is 11.9. The van der Waals surface area contributed by atoms with Crippen molar-refractivity contribution in [1.29, 1.82) is 0 Å². The Morgan fingerprint density at radius 1 is 1.32 bits per heavy atom. The first-order valence-corrected chi connectivity index (χ1v) is 8.47. The van der Waals surface area contributed by atoms with Crippen LogP contribution in [0, 0.1) is 13.8 Å². The van der Waals surface area contributed by atoms with Gasteiger partial charge in [-0.15, -0.1) is 0 Å². The number of hydrogen-bond donors (Lipinski definition) is 2. The summed E-state index contributed by atoms with van der Waals surface area (Å²) in [5.74, 6) is -0.671. The topological polar surface area (TPSA) is 89.5 Å². The lowest BCUT2D eigenvalue weighted by molar-refractivity contribution is -0.119. The maximum atomic E-state index is 12.2. The number of methoxy groups -OCH3 is 1. The van der Waals surface area contributed by atoms with Gasteiger partial charge < -0.3 is 20.1 Å². The molecule has 0 saturated heterocycles. The number of benzene rings is 1. The van der Waals surface area contributed by atoms with Gasteiger partial charge in [0.2, 0.25) is 0 Å². The maximum absolute atomic E-state index is 12.2. The molecule has 0 aliphatic rings. The first-order valence-electron chi connectivity index (χ1n) is 7.32. The number of halogens is 1. The molecule has 7 nitrogen and oxygen atoms in total. The van der Waals surface area contributed by atoms with Gasteiger partial charge in [0.15, 0.2) is 6.61 Å². The highest BCUT2D eigenvalue weighted by atomic mass is 35.5. The number of hydrogen-bond acceptors (Lipinski definition) is 7. The molecule has 2 rings (SSSR count). The fraction of sp³-hybridized carbons (Fsp3) is 0.312. The standard InChI is InChI=1S/C16H18ClN3O4S/c1-8-5-11(12(23-4)6-10(8)17)19-13(21)7-24-16(22)14-9(2)20-25-15(14)18-3/h5-6,18H,7H2,1-4H3,(H,19,21). The van der Waals surface area contributed by atoms with Crippen molar-refractivity contribution in [3.63, 3.8) is 0 Å². The highest BCUT2D eigenvalue weighted by molar-refractivity contribution is 7.10. The van der Waals surface area contributed by atoms with Gasteiger partial charge in [0.05, 0.1) is 18.5 Å². The van der Waals surface area contributed by atoms with Gasteiger partial charge in [0.25, 0.3) is 5.91 Å². The summed E-state index contributed by atoms with van der Waals surface area (Å²) in [7, 11) is 3.16. The van der Waals surface area contributed by atoms with Crippen LogP contribution in [-0.4, -0.2) is 37.0 Å². The number of aryl methyl sites for hydroxylation is 2. The van der Waals surface area contributed by atoms with Gasteiger partial charge in [0, 0.05) is 18.1 Å². The Labute approximate surface area is 154 Å². The summed E-state index contributed by atoms with van der Waals surface area (Å²) in [6.07, 6.45) is 0. The Bertz CT molecular complexity index is 807. The lowest BCUT2D eigenvalue weighted by Gasteiger charge is -2.12. The quantitative estimate of drug-likeness (QED) is 0.744. The van der Waals surface area contributed by atoms with Crippen molar-refractivity contribution in [3.8, 4) is 5.75 Å². The minimum absolute atomic E-state index is 0.334. The van der Waals surface area contributed by atoms with E-state index in [4.69, 9.17) is 21.1 Å². The van der Waals surface area contributed by atoms with Crippen molar-refractivity contribution in [2.75, 3.05) is 31.4 Å². The molecule has 25 heavy (non-hydrogen) atoms. The number of carbonyl (C=O) groups is 2. The van der Waals surface area contributed by atoms with Crippen LogP contribution in [-0.2, 0) is 9.53 Å². The lowest BCUT2D eigenvalue weighted by Crippen LogP contribution is -2.21. The molecular formula is C16H18ClN3O4S. The highest BCUT2D eigenvalue weighted by Crippen LogP contribution is 2.31. The number of anilines is 2. The van der Waals surface area contributed by atoms with Crippen LogP contribution in [0.5, 0.6) is 5.75 Å². The monoisotopic (exact) mass is 383 g/mol. The molecule has 2 N–H and O–H groups in total. The summed E-state index contributed by atoms with van der Waals surface area (Å²) < 4.78 is 14.4. The van der Waals surface area contributed by atoms with Gasteiger partial charge in [-0.25, -0.2) is 4.79 Å². The third-order valence-corrected chi connectivity index (χ3v) is 4.75. The molecule has 0 fully saturated rings. The second-order valence-corrected chi connectivity index (χ2v) is 6.33. The summed E-state index contributed by atoms with van der Waals surface area (Å²) in [5.41, 5.74) is 2.12. The fourth-order valence-electron chi connectivity index (χ4n) is 2.10. The molecule has 1 amide bonds. The normalized spacial score (nSPS) is 10.3. The van der Waals surface area contributed by atoms with E-state index in [1.807, 2.05) is 6.92 Å². The second kappa shape index (κ2) is 8.17. The smallest absolute Gasteiger partial charge is 0.343 e. The molecule has 2 aromatic rings. The number of aromatic nitrogens is 1. The zero-order chi connectivity index (χ0) is 18.6. The number of amides is 1. The fourth-order valence-corrected chi connectivity index (χ4v) is 2.99. The van der Waals surface area contributed by atoms with Gasteiger partial charge in [-0.3, -0.25) is 4.79 Å². The molecule has 134 valence electrons. The summed E-state index contributed by atoms with van der Waals surface area (Å²) in [5, 5.41) is 6.65. The largest absolute Gasteiger partial charge is 0.495 e. The Balaban J connectivity index is 2.03. The average molecular weight is 384 g/mol. The van der Waals surface area contributed by atoms with E-state index in [-0.39, 0.29) is 0 Å². The molecule has 0 radical (unpaired) electrons. The first kappa shape index (κ1) is 19.0. The van der Waals surface area contributed by atoms with Crippen molar-refractivity contribution < 1.29 is 19.1 Å². The van der Waals surface area contributed by atoms with Crippen LogP contribution in [0.4, 0.5) is 10.7 Å². The lowest BCUT2D eigenvalue weighted by atomic mass is 10.2. The Kier molecular flexibility index (Phi) is 6.22. The number of rotatable bonds is 6. The van der Waals surface area contributed by atoms with Crippen LogP contribution in [0.2, 0.25) is 5.02 Å². The zero-order valence-corrected chi connectivity index (χ0v) is 15.8. The van der Waals surface area contributed by atoms with Gasteiger partial charge in [-0.2, -0.15) is 4.37 Å². The van der Waals surface area contributed by atoms with E-state index in [9.17, 15) is 9.59 Å². The molecule has 0 unspecified atom stereocenters. The van der Waals surface area contributed by atoms with E-state index in [0.29, 0.717) is 32.7 Å². The van der Waals surface area contributed by atoms with Crippen molar-refractivity contribution >= 4 is 45.7 Å². The number of nitrogens with zero attached hydrogens (tertiary/aromatic N) is 1. The van der Waals surface area contributed by atoms with Gasteiger partial charge in [-0.1, -0.05) is 11.6 Å². The summed E-state index contributed by atoms with van der Waals surface area (Å²) in [4.78, 5) is 24.3. The van der Waals surface area contributed by atoms with Crippen LogP contribution in [0.25, 0.3) is 0 Å². The number of nitrogens with one attached hydrogen (secondary N) is 2. The summed E-state index contributed by atoms with van der Waals surface area (Å²) >= 11 is 7.19. The van der Waals surface area contributed by atoms with Crippen molar-refractivity contribution in [2.45, 2.75) is 13.8 Å². The van der Waals surface area contributed by atoms with Crippen LogP contribution in [0.1, 0.15) is 21.6 Å².